The van der Waals surface area contributed by atoms with Crippen molar-refractivity contribution in [3.05, 3.63) is 30.1 Å². The van der Waals surface area contributed by atoms with Gasteiger partial charge in [-0.15, -0.1) is 0 Å². The number of carbonyl (C=O) groups is 1. The van der Waals surface area contributed by atoms with Gasteiger partial charge < -0.3 is 5.11 Å². The third-order valence-electron chi connectivity index (χ3n) is 1.58. The monoisotopic (exact) mass is 151 g/mol. The van der Waals surface area contributed by atoms with Crippen molar-refractivity contribution < 1.29 is 9.90 Å². The smallest absolute Gasteiger partial charge is 0.310 e. The summed E-state index contributed by atoms with van der Waals surface area (Å²) < 4.78 is 0. The largest absolute Gasteiger partial charge is 0.481 e. The van der Waals surface area contributed by atoms with E-state index in [1.165, 1.54) is 0 Å². The third kappa shape index (κ3) is 1.77. The molecule has 0 aliphatic rings. The number of nitrogens with zero attached hydrogens (tertiary/aromatic N) is 1. The summed E-state index contributed by atoms with van der Waals surface area (Å²) in [7, 11) is 0. The average Bonchev–Trinajstić information content (AvgIpc) is 2.05. The van der Waals surface area contributed by atoms with Gasteiger partial charge in [0.25, 0.3) is 0 Å². The fourth-order valence-corrected chi connectivity index (χ4v) is 0.795. The molecule has 1 aromatic heterocycles. The summed E-state index contributed by atoms with van der Waals surface area (Å²) in [4.78, 5) is 14.3. The number of aromatic nitrogens is 1. The number of pyridine rings is 1. The summed E-state index contributed by atoms with van der Waals surface area (Å²) >= 11 is 0. The molecule has 11 heavy (non-hydrogen) atoms. The molecule has 3 nitrogen and oxygen atoms in total. The van der Waals surface area contributed by atoms with Crippen molar-refractivity contribution in [1.29, 1.82) is 0 Å². The van der Waals surface area contributed by atoms with E-state index >= 15 is 0 Å². The number of hydrogen-bond donors (Lipinski definition) is 1. The molecule has 0 amide bonds. The Bertz CT molecular complexity index is 246. The molecule has 0 aliphatic carbocycles. The lowest BCUT2D eigenvalue weighted by Gasteiger charge is -2.03. The van der Waals surface area contributed by atoms with Crippen LogP contribution in [0.5, 0.6) is 0 Å². The van der Waals surface area contributed by atoms with Crippen molar-refractivity contribution in [1.82, 2.24) is 4.98 Å². The van der Waals surface area contributed by atoms with Crippen LogP contribution in [0, 0.1) is 0 Å². The highest BCUT2D eigenvalue weighted by Gasteiger charge is 2.11. The molecular weight excluding hydrogens is 142 g/mol. The van der Waals surface area contributed by atoms with Crippen molar-refractivity contribution in [2.24, 2.45) is 0 Å². The number of rotatable bonds is 2. The van der Waals surface area contributed by atoms with Gasteiger partial charge in [0.05, 0.1) is 5.92 Å². The number of carboxylic acids is 1. The van der Waals surface area contributed by atoms with E-state index in [1.54, 1.807) is 31.5 Å². The molecule has 0 saturated heterocycles. The molecule has 0 bridgehead atoms. The normalized spacial score (nSPS) is 12.5. The Kier molecular flexibility index (Phi) is 2.21. The number of hydrogen-bond acceptors (Lipinski definition) is 2. The minimum atomic E-state index is -0.809. The summed E-state index contributed by atoms with van der Waals surface area (Å²) in [6.07, 6.45) is 3.18. The van der Waals surface area contributed by atoms with Crippen LogP contribution in [0.2, 0.25) is 0 Å². The van der Waals surface area contributed by atoms with Crippen LogP contribution in [0.25, 0.3) is 0 Å². The van der Waals surface area contributed by atoms with E-state index in [0.29, 0.717) is 0 Å². The van der Waals surface area contributed by atoms with Crippen LogP contribution < -0.4 is 0 Å². The topological polar surface area (TPSA) is 50.2 Å². The minimum absolute atomic E-state index is 0.446. The minimum Gasteiger partial charge on any atom is -0.481 e. The summed E-state index contributed by atoms with van der Waals surface area (Å²) in [6.45, 7) is 1.65. The Morgan fingerprint density at radius 2 is 2.09 bits per heavy atom. The van der Waals surface area contributed by atoms with Gasteiger partial charge in [-0.25, -0.2) is 0 Å². The lowest BCUT2D eigenvalue weighted by atomic mass is 10.0. The Morgan fingerprint density at radius 3 is 2.55 bits per heavy atom. The maximum Gasteiger partial charge on any atom is 0.310 e. The Morgan fingerprint density at radius 1 is 1.55 bits per heavy atom. The quantitative estimate of drug-likeness (QED) is 0.692. The van der Waals surface area contributed by atoms with Gasteiger partial charge in [-0.05, 0) is 24.6 Å². The second kappa shape index (κ2) is 3.14. The zero-order valence-corrected chi connectivity index (χ0v) is 6.19. The molecule has 1 N–H and O–H groups in total. The van der Waals surface area contributed by atoms with E-state index in [1.807, 2.05) is 0 Å². The zero-order chi connectivity index (χ0) is 8.27. The van der Waals surface area contributed by atoms with Gasteiger partial charge in [-0.3, -0.25) is 9.78 Å². The van der Waals surface area contributed by atoms with Gasteiger partial charge in [0.2, 0.25) is 0 Å². The summed E-state index contributed by atoms with van der Waals surface area (Å²) in [5.41, 5.74) is 0.785. The Balaban J connectivity index is 2.85. The van der Waals surface area contributed by atoms with E-state index in [0.717, 1.165) is 5.56 Å². The Hall–Kier alpha value is -1.38. The highest BCUT2D eigenvalue weighted by molar-refractivity contribution is 5.75. The maximum absolute atomic E-state index is 10.5. The molecule has 0 spiro atoms. The molecule has 58 valence electrons. The second-order valence-electron chi connectivity index (χ2n) is 2.34. The molecule has 0 fully saturated rings. The first-order chi connectivity index (χ1) is 5.22. The SMILES string of the molecule is C[C@H](C(=O)O)c1ccncc1. The number of carboxylic acid groups (broad SMARTS) is 1. The fraction of sp³-hybridized carbons (Fsp3) is 0.250. The molecule has 0 aromatic carbocycles. The van der Waals surface area contributed by atoms with Crippen LogP contribution in [0.3, 0.4) is 0 Å². The summed E-state index contributed by atoms with van der Waals surface area (Å²) in [5.74, 6) is -1.26. The number of aliphatic carboxylic acids is 1. The van der Waals surface area contributed by atoms with Crippen LogP contribution >= 0.6 is 0 Å². The van der Waals surface area contributed by atoms with Crippen LogP contribution in [-0.2, 0) is 4.79 Å². The summed E-state index contributed by atoms with van der Waals surface area (Å²) in [6, 6.07) is 3.41. The molecule has 0 saturated carbocycles. The van der Waals surface area contributed by atoms with Crippen molar-refractivity contribution in [2.75, 3.05) is 0 Å². The van der Waals surface area contributed by atoms with Gasteiger partial charge in [-0.1, -0.05) is 0 Å². The molecule has 0 unspecified atom stereocenters. The molecule has 0 aliphatic heterocycles. The first-order valence-corrected chi connectivity index (χ1v) is 3.34. The average molecular weight is 151 g/mol. The van der Waals surface area contributed by atoms with Gasteiger partial charge in [-0.2, -0.15) is 0 Å². The zero-order valence-electron chi connectivity index (χ0n) is 6.19. The first kappa shape index (κ1) is 7.72. The molecule has 1 rings (SSSR count). The van der Waals surface area contributed by atoms with E-state index in [-0.39, 0.29) is 0 Å². The maximum atomic E-state index is 10.5. The van der Waals surface area contributed by atoms with Gasteiger partial charge in [0.1, 0.15) is 0 Å². The van der Waals surface area contributed by atoms with Crippen LogP contribution in [-0.4, -0.2) is 16.1 Å². The second-order valence-corrected chi connectivity index (χ2v) is 2.34. The molecule has 1 heterocycles. The van der Waals surface area contributed by atoms with E-state index in [2.05, 4.69) is 4.98 Å². The first-order valence-electron chi connectivity index (χ1n) is 3.34. The van der Waals surface area contributed by atoms with Gasteiger partial charge in [0.15, 0.2) is 0 Å². The van der Waals surface area contributed by atoms with Crippen LogP contribution in [0.1, 0.15) is 18.4 Å². The lowest BCUT2D eigenvalue weighted by Crippen LogP contribution is -2.06. The van der Waals surface area contributed by atoms with Gasteiger partial charge in [0, 0.05) is 12.4 Å². The van der Waals surface area contributed by atoms with Crippen molar-refractivity contribution in [2.45, 2.75) is 12.8 Å². The van der Waals surface area contributed by atoms with Crippen molar-refractivity contribution in [3.63, 3.8) is 0 Å². The van der Waals surface area contributed by atoms with Crippen LogP contribution in [0.15, 0.2) is 24.5 Å². The van der Waals surface area contributed by atoms with E-state index in [4.69, 9.17) is 5.11 Å². The molecule has 3 heteroatoms. The molecular formula is C8H9NO2. The van der Waals surface area contributed by atoms with Crippen molar-refractivity contribution >= 4 is 5.97 Å². The fourth-order valence-electron chi connectivity index (χ4n) is 0.795. The Labute approximate surface area is 64.7 Å². The lowest BCUT2D eigenvalue weighted by molar-refractivity contribution is -0.138. The third-order valence-corrected chi connectivity index (χ3v) is 1.58. The van der Waals surface area contributed by atoms with Crippen LogP contribution in [0.4, 0.5) is 0 Å². The van der Waals surface area contributed by atoms with Crippen molar-refractivity contribution in [3.8, 4) is 0 Å². The van der Waals surface area contributed by atoms with E-state index < -0.39 is 11.9 Å². The molecule has 1 aromatic rings. The standard InChI is InChI=1S/C8H9NO2/c1-6(8(10)11)7-2-4-9-5-3-7/h2-6H,1H3,(H,10,11)/t6-/m0/s1. The highest BCUT2D eigenvalue weighted by Crippen LogP contribution is 2.12. The molecule has 1 atom stereocenters. The molecule has 0 radical (unpaired) electrons. The van der Waals surface area contributed by atoms with Gasteiger partial charge >= 0.3 is 5.97 Å². The highest BCUT2D eigenvalue weighted by atomic mass is 16.4. The van der Waals surface area contributed by atoms with E-state index in [9.17, 15) is 4.79 Å². The predicted octanol–water partition coefficient (Wildman–Crippen LogP) is 1.27. The summed E-state index contributed by atoms with van der Waals surface area (Å²) in [5, 5.41) is 8.62. The predicted molar refractivity (Wildman–Crippen MR) is 40.3 cm³/mol.